The zero-order valence-electron chi connectivity index (χ0n) is 59.8. The highest BCUT2D eigenvalue weighted by Crippen LogP contribution is 2.49. The Morgan fingerprint density at radius 2 is 0.972 bits per heavy atom. The van der Waals surface area contributed by atoms with Gasteiger partial charge in [-0.2, -0.15) is 0 Å². The lowest BCUT2D eigenvalue weighted by molar-refractivity contribution is -0.288. The molecule has 0 spiro atoms. The van der Waals surface area contributed by atoms with Crippen molar-refractivity contribution >= 4 is 116 Å². The maximum absolute atomic E-state index is 14.9. The minimum atomic E-state index is -1.72. The van der Waals surface area contributed by atoms with Gasteiger partial charge >= 0.3 is 23.9 Å². The Morgan fingerprint density at radius 1 is 0.523 bits per heavy atom. The van der Waals surface area contributed by atoms with E-state index >= 15 is 0 Å². The number of nitrogens with one attached hydrogen (secondary N) is 1. The zero-order valence-corrected chi connectivity index (χ0v) is 61.3. The Bertz CT molecular complexity index is 3900. The van der Waals surface area contributed by atoms with E-state index in [1.165, 1.54) is 28.0 Å². The fraction of sp³-hybridized carbons (Fsp3) is 0.507. The van der Waals surface area contributed by atoms with Crippen LogP contribution in [-0.4, -0.2) is 261 Å². The molecule has 0 aliphatic carbocycles. The fourth-order valence-corrected chi connectivity index (χ4v) is 13.2. The van der Waals surface area contributed by atoms with Gasteiger partial charge in [0.2, 0.25) is 24.6 Å². The van der Waals surface area contributed by atoms with Gasteiger partial charge in [0.15, 0.2) is 12.2 Å². The van der Waals surface area contributed by atoms with Gasteiger partial charge in [0.25, 0.3) is 11.8 Å². The first-order valence-corrected chi connectivity index (χ1v) is 36.2. The molecule has 7 N–H and O–H groups in total. The van der Waals surface area contributed by atoms with Gasteiger partial charge in [0.1, 0.15) is 48.6 Å². The van der Waals surface area contributed by atoms with Crippen LogP contribution in [0.15, 0.2) is 91.0 Å². The minimum Gasteiger partial charge on any atom is -0.463 e. The normalized spacial score (nSPS) is 22.6. The molecule has 4 aliphatic heterocycles. The number of fused-ring (bicyclic) bond motifs is 6. The van der Waals surface area contributed by atoms with E-state index in [0.29, 0.717) is 129 Å². The average Bonchev–Trinajstić information content (AvgIpc) is 1.67. The van der Waals surface area contributed by atoms with Gasteiger partial charge in [-0.05, 0) is 51.2 Å². The van der Waals surface area contributed by atoms with Gasteiger partial charge in [-0.25, -0.2) is 0 Å². The smallest absolute Gasteiger partial charge is 0.303 e. The zero-order chi connectivity index (χ0) is 76.5. The number of carbonyl (C=O) groups is 7. The summed E-state index contributed by atoms with van der Waals surface area (Å²) < 4.78 is 85.8. The van der Waals surface area contributed by atoms with Crippen LogP contribution in [0.25, 0.3) is 33.7 Å². The molecule has 12 atom stereocenters. The van der Waals surface area contributed by atoms with E-state index in [9.17, 15) is 54.0 Å². The van der Waals surface area contributed by atoms with Crippen LogP contribution in [0.4, 0.5) is 17.1 Å². The first-order valence-electron chi connectivity index (χ1n) is 35.1. The number of esters is 4. The standard InChI is InChI=1S/C75H92Cl2N4O26/c1-44(83)100-43-62-71(101-45(2)84)72(102-46(3)85)73(103-47(4)86)75(107-62)105-60-37-58-67(55-12-8-6-10-53(55)60)51(39-77)41-81(58)65(89)18-16-49-15-13-48(35-56(49)79-63(87)19-21-93-23-25-95-27-29-97-31-33-99-34-32-98-30-28-96-26-24-94-22-20-78)14-17-64(88)80-40-50(38-76)66-54-11-7-5-9-52(54)59(36-57(66)80)104-74-70(92)69(91)68(90)61(42-82)106-74/h5-18,35-37,50-51,61-62,68-75,82,90-92H,19-34,38-43,78H2,1-4H3,(H,79,87)/b17-14+,18-16+/t50-,51-,61-,62-,68+,69+,70-,71+,72+,73-,74-,75-/m1/s1. The number of aliphatic hydroxyl groups is 4. The highest BCUT2D eigenvalue weighted by molar-refractivity contribution is 6.20. The van der Waals surface area contributed by atoms with Crippen molar-refractivity contribution in [3.8, 4) is 11.5 Å². The van der Waals surface area contributed by atoms with E-state index < -0.39 is 122 Å². The second-order valence-corrected chi connectivity index (χ2v) is 25.8. The Morgan fingerprint density at radius 3 is 1.45 bits per heavy atom. The summed E-state index contributed by atoms with van der Waals surface area (Å²) in [4.78, 5) is 96.5. The van der Waals surface area contributed by atoms with Crippen LogP contribution in [0.2, 0.25) is 0 Å². The summed E-state index contributed by atoms with van der Waals surface area (Å²) in [6.07, 6.45) is -9.70. The molecule has 2 saturated heterocycles. The number of rotatable bonds is 40. The number of hydrogen-bond donors (Lipinski definition) is 6. The molecule has 4 aliphatic rings. The number of carbonyl (C=O) groups excluding carboxylic acids is 7. The van der Waals surface area contributed by atoms with Crippen LogP contribution >= 0.6 is 23.2 Å². The van der Waals surface area contributed by atoms with Crippen LogP contribution in [0.5, 0.6) is 11.5 Å². The van der Waals surface area contributed by atoms with Gasteiger partial charge in [-0.3, -0.25) is 33.6 Å². The number of nitrogens with two attached hydrogens (primary N) is 1. The molecule has 0 radical (unpaired) electrons. The third-order valence-corrected chi connectivity index (χ3v) is 18.3. The minimum absolute atomic E-state index is 0.0110. The van der Waals surface area contributed by atoms with Crippen LogP contribution < -0.4 is 30.3 Å². The number of nitrogens with zero attached hydrogens (tertiary/aromatic N) is 2. The van der Waals surface area contributed by atoms with E-state index in [0.717, 1.165) is 33.3 Å². The second kappa shape index (κ2) is 41.5. The van der Waals surface area contributed by atoms with E-state index in [4.69, 9.17) is 100.0 Å². The lowest BCUT2D eigenvalue weighted by Crippen LogP contribution is -2.63. The molecule has 30 nitrogen and oxygen atoms in total. The van der Waals surface area contributed by atoms with Gasteiger partial charge in [-0.1, -0.05) is 60.7 Å². The summed E-state index contributed by atoms with van der Waals surface area (Å²) in [5.41, 5.74) is 8.76. The molecular weight excluding hydrogens is 1440 g/mol. The highest BCUT2D eigenvalue weighted by atomic mass is 35.5. The Kier molecular flexibility index (Phi) is 32.2. The van der Waals surface area contributed by atoms with Crippen LogP contribution in [0, 0.1) is 0 Å². The summed E-state index contributed by atoms with van der Waals surface area (Å²) in [7, 11) is 0. The monoisotopic (exact) mass is 1530 g/mol. The predicted octanol–water partition coefficient (Wildman–Crippen LogP) is 4.80. The number of hydrogen-bond acceptors (Lipinski definition) is 27. The third-order valence-electron chi connectivity index (χ3n) is 17.6. The SMILES string of the molecule is CC(=O)OC[C@H]1O[C@@H](Oc2cc3c(c4ccccc24)[C@H](CCl)CN3C(=O)/C=C/c2ccc(/C=C/C(=O)N3C[C@@H](CCl)c4c3cc(O[C@@H]3O[C@H](CO)[C@H](O)[C@H](O)[C@H]3O)c3ccccc43)cc2NC(=O)CCOCCOCCOCCOCCOCCOCCOCCN)[C@H](OC(C)=O)[C@@H](OC(C)=O)[C@H]1OC(C)=O. The quantitative estimate of drug-likeness (QED) is 0.0101. The summed E-state index contributed by atoms with van der Waals surface area (Å²) >= 11 is 13.3. The van der Waals surface area contributed by atoms with Gasteiger partial charge < -0.3 is 112 Å². The van der Waals surface area contributed by atoms with Crippen molar-refractivity contribution in [3.63, 3.8) is 0 Å². The molecular formula is C75H92Cl2N4O26. The maximum atomic E-state index is 14.9. The molecule has 582 valence electrons. The lowest BCUT2D eigenvalue weighted by Gasteiger charge is -2.44. The molecule has 4 heterocycles. The molecule has 2 fully saturated rings. The van der Waals surface area contributed by atoms with Crippen LogP contribution in [0.1, 0.15) is 68.2 Å². The Labute approximate surface area is 627 Å². The van der Waals surface area contributed by atoms with E-state index in [2.05, 4.69) is 5.32 Å². The number of amides is 3. The van der Waals surface area contributed by atoms with Crippen LogP contribution in [-0.2, 0) is 95.1 Å². The molecule has 0 bridgehead atoms. The van der Waals surface area contributed by atoms with Crippen molar-refractivity contribution in [1.82, 2.24) is 0 Å². The maximum Gasteiger partial charge on any atom is 0.303 e. The number of aliphatic hydroxyl groups excluding tert-OH is 4. The van der Waals surface area contributed by atoms with Crippen molar-refractivity contribution in [3.05, 3.63) is 113 Å². The molecule has 0 aromatic heterocycles. The Balaban J connectivity index is 0.919. The molecule has 32 heteroatoms. The highest BCUT2D eigenvalue weighted by Gasteiger charge is 2.54. The summed E-state index contributed by atoms with van der Waals surface area (Å²) in [5, 5.41) is 47.3. The second-order valence-electron chi connectivity index (χ2n) is 25.2. The summed E-state index contributed by atoms with van der Waals surface area (Å²) in [6, 6.07) is 22.5. The number of halogens is 2. The van der Waals surface area contributed by atoms with Crippen molar-refractivity contribution in [2.75, 3.05) is 152 Å². The van der Waals surface area contributed by atoms with E-state index in [-0.39, 0.29) is 74.2 Å². The molecule has 0 saturated carbocycles. The largest absolute Gasteiger partial charge is 0.463 e. The molecule has 9 rings (SSSR count). The number of alkyl halides is 2. The van der Waals surface area contributed by atoms with Crippen molar-refractivity contribution in [2.45, 2.75) is 107 Å². The van der Waals surface area contributed by atoms with Gasteiger partial charge in [0.05, 0.1) is 117 Å². The summed E-state index contributed by atoms with van der Waals surface area (Å²) in [6.45, 7) is 8.92. The first kappa shape index (κ1) is 83.1. The topological polar surface area (TPSA) is 383 Å². The number of anilines is 3. The number of benzene rings is 5. The Hall–Kier alpha value is -7.99. The van der Waals surface area contributed by atoms with Crippen molar-refractivity contribution < 1.29 is 125 Å². The molecule has 0 unspecified atom stereocenters. The lowest BCUT2D eigenvalue weighted by atomic mass is 9.95. The summed E-state index contributed by atoms with van der Waals surface area (Å²) in [5.74, 6) is -4.91. The molecule has 5 aromatic carbocycles. The van der Waals surface area contributed by atoms with E-state index in [1.807, 2.05) is 18.2 Å². The molecule has 5 aromatic rings. The van der Waals surface area contributed by atoms with Gasteiger partial charge in [-0.15, -0.1) is 23.2 Å². The predicted molar refractivity (Wildman–Crippen MR) is 389 cm³/mol. The van der Waals surface area contributed by atoms with E-state index in [1.54, 1.807) is 66.7 Å². The van der Waals surface area contributed by atoms with Gasteiger partial charge in [0, 0.05) is 112 Å². The first-order chi connectivity index (χ1) is 51.7. The van der Waals surface area contributed by atoms with Crippen LogP contribution in [0.3, 0.4) is 0 Å². The number of ether oxygens (including phenoxy) is 15. The third kappa shape index (κ3) is 22.6. The van der Waals surface area contributed by atoms with Crippen molar-refractivity contribution in [2.24, 2.45) is 5.73 Å². The molecule has 107 heavy (non-hydrogen) atoms. The van der Waals surface area contributed by atoms with Crippen molar-refractivity contribution in [1.29, 1.82) is 0 Å². The fourth-order valence-electron chi connectivity index (χ4n) is 12.7. The average molecular weight is 1540 g/mol. The molecule has 3 amide bonds.